The number of hydrogen-bond acceptors (Lipinski definition) is 6. The van der Waals surface area contributed by atoms with Crippen LogP contribution in [-0.2, 0) is 11.2 Å². The number of hydrogen-bond donors (Lipinski definition) is 1. The summed E-state index contributed by atoms with van der Waals surface area (Å²) in [7, 11) is 3.54. The summed E-state index contributed by atoms with van der Waals surface area (Å²) in [6, 6.07) is 7.85. The number of benzene rings is 1. The number of carbonyl (C=O) groups is 1. The summed E-state index contributed by atoms with van der Waals surface area (Å²) in [6.45, 7) is 4.23. The van der Waals surface area contributed by atoms with Gasteiger partial charge < -0.3 is 15.0 Å². The summed E-state index contributed by atoms with van der Waals surface area (Å²) in [5.41, 5.74) is 3.44. The number of nitrogens with one attached hydrogen (secondary N) is 1. The number of esters is 1. The highest BCUT2D eigenvalue weighted by Gasteiger charge is 2.27. The molecule has 2 aliphatic rings. The molecule has 0 spiro atoms. The molecule has 1 atom stereocenters. The fourth-order valence-electron chi connectivity index (χ4n) is 4.46. The van der Waals surface area contributed by atoms with Crippen molar-refractivity contribution >= 4 is 29.6 Å². The zero-order chi connectivity index (χ0) is 21.8. The van der Waals surface area contributed by atoms with Gasteiger partial charge in [0.15, 0.2) is 12.3 Å². The summed E-state index contributed by atoms with van der Waals surface area (Å²) >= 11 is 0. The van der Waals surface area contributed by atoms with E-state index in [1.54, 1.807) is 12.1 Å². The Labute approximate surface area is 184 Å². The third kappa shape index (κ3) is 4.70. The summed E-state index contributed by atoms with van der Waals surface area (Å²) in [6.07, 6.45) is 8.88. The average molecular weight is 423 g/mol. The number of fused-ring (bicyclic) bond motifs is 1. The molecule has 0 radical (unpaired) electrons. The molecule has 2 aliphatic heterocycles. The normalized spacial score (nSPS) is 18.2. The Balaban J connectivity index is 1.75. The Hall–Kier alpha value is -2.96. The van der Waals surface area contributed by atoms with Crippen LogP contribution in [0.5, 0.6) is 0 Å². The first-order chi connectivity index (χ1) is 15.1. The minimum atomic E-state index is -0.350. The molecule has 1 fully saturated rings. The lowest BCUT2D eigenvalue weighted by molar-refractivity contribution is -0.534. The fourth-order valence-corrected chi connectivity index (χ4v) is 4.46. The maximum Gasteiger partial charge on any atom is 0.337 e. The van der Waals surface area contributed by atoms with Crippen LogP contribution in [0.4, 0.5) is 17.5 Å². The van der Waals surface area contributed by atoms with E-state index in [1.807, 2.05) is 12.1 Å². The van der Waals surface area contributed by atoms with Crippen LogP contribution in [0.3, 0.4) is 0 Å². The first-order valence-corrected chi connectivity index (χ1v) is 11.3. The summed E-state index contributed by atoms with van der Waals surface area (Å²) < 4.78 is 7.18. The highest BCUT2D eigenvalue weighted by Crippen LogP contribution is 2.28. The van der Waals surface area contributed by atoms with Gasteiger partial charge in [0.2, 0.25) is 5.95 Å². The lowest BCUT2D eigenvalue weighted by Crippen LogP contribution is -2.23. The maximum atomic E-state index is 12.0. The molecule has 1 aromatic heterocycles. The molecule has 0 bridgehead atoms. The predicted octanol–water partition coefficient (Wildman–Crippen LogP) is 3.78. The molecule has 0 amide bonds. The fraction of sp³-hybridized carbons (Fsp3) is 0.500. The van der Waals surface area contributed by atoms with Crippen LogP contribution in [0, 0.1) is 0 Å². The molecule has 164 valence electrons. The molecule has 0 saturated carbocycles. The van der Waals surface area contributed by atoms with Gasteiger partial charge in [-0.05, 0) is 43.9 Å². The number of anilines is 3. The van der Waals surface area contributed by atoms with E-state index in [4.69, 9.17) is 14.7 Å². The van der Waals surface area contributed by atoms with E-state index >= 15 is 0 Å². The van der Waals surface area contributed by atoms with Gasteiger partial charge in [-0.1, -0.05) is 13.0 Å². The number of nitrogens with zero attached hydrogens (tertiary/aromatic N) is 4. The molecule has 1 saturated heterocycles. The van der Waals surface area contributed by atoms with E-state index in [2.05, 4.69) is 35.0 Å². The quantitative estimate of drug-likeness (QED) is 0.564. The van der Waals surface area contributed by atoms with Crippen molar-refractivity contribution in [2.24, 2.45) is 0 Å². The second kappa shape index (κ2) is 9.45. The van der Waals surface area contributed by atoms with Crippen LogP contribution in [0.15, 0.2) is 24.3 Å². The van der Waals surface area contributed by atoms with E-state index in [0.717, 1.165) is 67.5 Å². The molecule has 7 heteroatoms. The van der Waals surface area contributed by atoms with E-state index in [0.29, 0.717) is 11.6 Å². The number of ether oxygens (including phenoxy) is 1. The van der Waals surface area contributed by atoms with Gasteiger partial charge in [0.05, 0.1) is 18.4 Å². The Morgan fingerprint density at radius 1 is 1.29 bits per heavy atom. The zero-order valence-electron chi connectivity index (χ0n) is 18.7. The van der Waals surface area contributed by atoms with Crippen LogP contribution < -0.4 is 10.2 Å². The van der Waals surface area contributed by atoms with Crippen molar-refractivity contribution in [3.63, 3.8) is 0 Å². The van der Waals surface area contributed by atoms with Gasteiger partial charge >= 0.3 is 5.97 Å². The van der Waals surface area contributed by atoms with Crippen molar-refractivity contribution in [2.45, 2.75) is 51.5 Å². The van der Waals surface area contributed by atoms with E-state index in [9.17, 15) is 4.79 Å². The Kier molecular flexibility index (Phi) is 6.49. The zero-order valence-corrected chi connectivity index (χ0v) is 18.7. The lowest BCUT2D eigenvalue weighted by atomic mass is 10.0. The number of carbonyl (C=O) groups excluding carboxylic acids is 1. The van der Waals surface area contributed by atoms with Crippen molar-refractivity contribution < 1.29 is 14.1 Å². The Bertz CT molecular complexity index is 982. The average Bonchev–Trinajstić information content (AvgIpc) is 3.27. The number of methoxy groups -OCH3 is 1. The molecule has 7 nitrogen and oxygen atoms in total. The molecule has 2 aromatic rings. The molecule has 3 heterocycles. The van der Waals surface area contributed by atoms with Crippen molar-refractivity contribution in [3.8, 4) is 0 Å². The predicted molar refractivity (Wildman–Crippen MR) is 123 cm³/mol. The number of rotatable bonds is 6. The van der Waals surface area contributed by atoms with Crippen LogP contribution in [-0.4, -0.2) is 60.0 Å². The monoisotopic (exact) mass is 422 g/mol. The summed E-state index contributed by atoms with van der Waals surface area (Å²) in [5.74, 6) is 1.24. The first-order valence-electron chi connectivity index (χ1n) is 11.3. The topological polar surface area (TPSA) is 70.4 Å². The highest BCUT2D eigenvalue weighted by atomic mass is 16.5. The molecule has 1 N–H and O–H groups in total. The largest absolute Gasteiger partial charge is 0.465 e. The molecular formula is C24H32N5O2+. The minimum Gasteiger partial charge on any atom is -0.465 e. The maximum absolute atomic E-state index is 12.0. The Morgan fingerprint density at radius 3 is 2.84 bits per heavy atom. The molecule has 31 heavy (non-hydrogen) atoms. The second-order valence-electron chi connectivity index (χ2n) is 8.40. The van der Waals surface area contributed by atoms with Gasteiger partial charge in [0.25, 0.3) is 0 Å². The van der Waals surface area contributed by atoms with Crippen LogP contribution >= 0.6 is 0 Å². The van der Waals surface area contributed by atoms with Crippen LogP contribution in [0.1, 0.15) is 60.6 Å². The van der Waals surface area contributed by atoms with E-state index < -0.39 is 0 Å². The van der Waals surface area contributed by atoms with E-state index in [-0.39, 0.29) is 5.97 Å². The van der Waals surface area contributed by atoms with Gasteiger partial charge in [0, 0.05) is 31.6 Å². The third-order valence-corrected chi connectivity index (χ3v) is 6.19. The molecular weight excluding hydrogens is 390 g/mol. The van der Waals surface area contributed by atoms with Gasteiger partial charge in [-0.25, -0.2) is 14.4 Å². The van der Waals surface area contributed by atoms with Gasteiger partial charge in [-0.15, -0.1) is 0 Å². The first kappa shape index (κ1) is 21.3. The van der Waals surface area contributed by atoms with Gasteiger partial charge in [0.1, 0.15) is 18.4 Å². The molecule has 4 rings (SSSR count). The van der Waals surface area contributed by atoms with Crippen molar-refractivity contribution in [2.75, 3.05) is 37.5 Å². The Morgan fingerprint density at radius 2 is 2.10 bits per heavy atom. The second-order valence-corrected chi connectivity index (χ2v) is 8.40. The molecule has 1 unspecified atom stereocenters. The van der Waals surface area contributed by atoms with Crippen molar-refractivity contribution in [3.05, 3.63) is 41.1 Å². The van der Waals surface area contributed by atoms with E-state index in [1.165, 1.54) is 20.0 Å². The molecule has 1 aromatic carbocycles. The smallest absolute Gasteiger partial charge is 0.337 e. The minimum absolute atomic E-state index is 0.350. The molecule has 0 aliphatic carbocycles. The number of aryl methyl sites for hydroxylation is 1. The third-order valence-electron chi connectivity index (χ3n) is 6.19. The summed E-state index contributed by atoms with van der Waals surface area (Å²) in [4.78, 5) is 24.2. The van der Waals surface area contributed by atoms with Crippen LogP contribution in [0.25, 0.3) is 0 Å². The van der Waals surface area contributed by atoms with Gasteiger partial charge in [-0.3, -0.25) is 0 Å². The lowest BCUT2D eigenvalue weighted by Gasteiger charge is -2.19. The number of aromatic nitrogens is 2. The standard InChI is InChI=1S/C24H31N5O2/c1-4-8-19-11-12-21-20(16-28(19)2)22(27-24(26-21)29-13-5-6-14-29)25-18-10-7-9-17(15-18)23(30)31-3/h7,9-10,15-16,19H,4-6,8,11-14H2,1-3H3/p+1. The van der Waals surface area contributed by atoms with Gasteiger partial charge in [-0.2, -0.15) is 4.98 Å². The van der Waals surface area contributed by atoms with Crippen molar-refractivity contribution in [1.29, 1.82) is 0 Å². The highest BCUT2D eigenvalue weighted by molar-refractivity contribution is 5.91. The van der Waals surface area contributed by atoms with Crippen LogP contribution in [0.2, 0.25) is 0 Å². The van der Waals surface area contributed by atoms with Crippen molar-refractivity contribution in [1.82, 2.24) is 9.97 Å². The SMILES string of the molecule is CCCC1CCc2nc(N3CCCC3)nc(Nc3cccc(C(=O)OC)c3)c2C=[N+]1C. The summed E-state index contributed by atoms with van der Waals surface area (Å²) in [5, 5.41) is 3.47.